The number of nitro benzene ring substituents is 1. The summed E-state index contributed by atoms with van der Waals surface area (Å²) < 4.78 is 10.4. The lowest BCUT2D eigenvalue weighted by Gasteiger charge is -2.57. The maximum atomic E-state index is 11.9. The molecule has 0 amide bonds. The van der Waals surface area contributed by atoms with E-state index < -0.39 is 0 Å². The van der Waals surface area contributed by atoms with Gasteiger partial charge in [0, 0.05) is 18.6 Å². The predicted molar refractivity (Wildman–Crippen MR) is 106 cm³/mol. The number of hydrogen-bond donors (Lipinski definition) is 1. The van der Waals surface area contributed by atoms with Crippen molar-refractivity contribution in [3.8, 4) is 0 Å². The Morgan fingerprint density at radius 2 is 1.69 bits per heavy atom. The molecule has 4 saturated carbocycles. The highest BCUT2D eigenvalue weighted by Crippen LogP contribution is 2.57. The molecular weight excluding hydrogens is 374 g/mol. The van der Waals surface area contributed by atoms with Gasteiger partial charge in [-0.15, -0.1) is 0 Å². The molecule has 1 aromatic carbocycles. The number of aromatic nitrogens is 2. The first-order valence-corrected chi connectivity index (χ1v) is 10.6. The Bertz CT molecular complexity index is 932. The average Bonchev–Trinajstić information content (AvgIpc) is 3.16. The quantitative estimate of drug-likeness (QED) is 0.616. The highest BCUT2D eigenvalue weighted by Gasteiger charge is 2.51. The highest BCUT2D eigenvalue weighted by molar-refractivity contribution is 6.00. The molecule has 5 fully saturated rings. The summed E-state index contributed by atoms with van der Waals surface area (Å²) >= 11 is 0. The van der Waals surface area contributed by atoms with Crippen LogP contribution in [0.3, 0.4) is 0 Å². The Balaban J connectivity index is 1.44. The van der Waals surface area contributed by atoms with Crippen LogP contribution in [0.4, 0.5) is 17.1 Å². The highest BCUT2D eigenvalue weighted by atomic mass is 16.6. The zero-order valence-electron chi connectivity index (χ0n) is 16.3. The zero-order chi connectivity index (χ0) is 19.6. The third-order valence-electron chi connectivity index (χ3n) is 7.46. The van der Waals surface area contributed by atoms with Crippen LogP contribution in [0.1, 0.15) is 38.5 Å². The van der Waals surface area contributed by atoms with Gasteiger partial charge in [-0.25, -0.2) is 4.63 Å². The van der Waals surface area contributed by atoms with Crippen molar-refractivity contribution in [1.82, 2.24) is 10.3 Å². The van der Waals surface area contributed by atoms with Gasteiger partial charge in [-0.1, -0.05) is 0 Å². The maximum absolute atomic E-state index is 11.9. The van der Waals surface area contributed by atoms with Gasteiger partial charge in [0.25, 0.3) is 0 Å². The van der Waals surface area contributed by atoms with E-state index in [1.807, 2.05) is 11.0 Å². The third kappa shape index (κ3) is 2.78. The SMILES string of the molecule is O=[N+]([O-])c1c(N2CCOCC2)cc(NC23CC4CC(CC(C4)C2)C3)c2nonc12. The summed E-state index contributed by atoms with van der Waals surface area (Å²) in [5, 5.41) is 23.7. The van der Waals surface area contributed by atoms with E-state index >= 15 is 0 Å². The second kappa shape index (κ2) is 6.29. The average molecular weight is 399 g/mol. The molecule has 9 nitrogen and oxygen atoms in total. The first-order chi connectivity index (χ1) is 14.1. The first-order valence-electron chi connectivity index (χ1n) is 10.6. The van der Waals surface area contributed by atoms with Crippen LogP contribution >= 0.6 is 0 Å². The van der Waals surface area contributed by atoms with E-state index in [4.69, 9.17) is 9.37 Å². The lowest BCUT2D eigenvalue weighted by Crippen LogP contribution is -2.54. The van der Waals surface area contributed by atoms with E-state index in [1.165, 1.54) is 38.5 Å². The van der Waals surface area contributed by atoms with Gasteiger partial charge in [0.2, 0.25) is 5.52 Å². The van der Waals surface area contributed by atoms with Crippen molar-refractivity contribution in [3.63, 3.8) is 0 Å². The fraction of sp³-hybridized carbons (Fsp3) is 0.700. The van der Waals surface area contributed by atoms with E-state index in [9.17, 15) is 10.1 Å². The van der Waals surface area contributed by atoms with Gasteiger partial charge in [-0.2, -0.15) is 0 Å². The van der Waals surface area contributed by atoms with Gasteiger partial charge in [-0.05, 0) is 72.7 Å². The molecule has 9 heteroatoms. The van der Waals surface area contributed by atoms with Crippen LogP contribution in [0.2, 0.25) is 0 Å². The number of nitrogens with zero attached hydrogens (tertiary/aromatic N) is 4. The van der Waals surface area contributed by atoms with Crippen molar-refractivity contribution < 1.29 is 14.3 Å². The first kappa shape index (κ1) is 17.4. The van der Waals surface area contributed by atoms with Crippen LogP contribution in [-0.4, -0.2) is 47.1 Å². The molecule has 0 unspecified atom stereocenters. The van der Waals surface area contributed by atoms with Gasteiger partial charge >= 0.3 is 5.69 Å². The van der Waals surface area contributed by atoms with Crippen LogP contribution in [0.5, 0.6) is 0 Å². The minimum absolute atomic E-state index is 0.0285. The van der Waals surface area contributed by atoms with E-state index in [0.717, 1.165) is 23.4 Å². The molecule has 1 aromatic heterocycles. The lowest BCUT2D eigenvalue weighted by atomic mass is 9.53. The standard InChI is InChI=1S/C20H25N5O4/c26-25(27)19-16(24-1-3-28-4-2-24)8-15(17-18(19)23-29-22-17)21-20-9-12-5-13(10-20)7-14(6-12)11-20/h8,12-14,21H,1-7,9-11H2. The van der Waals surface area contributed by atoms with E-state index in [-0.39, 0.29) is 21.7 Å². The van der Waals surface area contributed by atoms with Gasteiger partial charge < -0.3 is 15.0 Å². The van der Waals surface area contributed by atoms with Gasteiger partial charge in [0.1, 0.15) is 5.69 Å². The van der Waals surface area contributed by atoms with Gasteiger partial charge in [-0.3, -0.25) is 10.1 Å². The van der Waals surface area contributed by atoms with Crippen molar-refractivity contribution in [2.45, 2.75) is 44.1 Å². The van der Waals surface area contributed by atoms with Crippen molar-refractivity contribution in [1.29, 1.82) is 0 Å². The minimum atomic E-state index is -0.369. The van der Waals surface area contributed by atoms with Crippen LogP contribution in [0.15, 0.2) is 10.7 Å². The molecule has 0 atom stereocenters. The molecule has 29 heavy (non-hydrogen) atoms. The monoisotopic (exact) mass is 399 g/mol. The Labute approximate surface area is 167 Å². The number of hydrogen-bond acceptors (Lipinski definition) is 8. The predicted octanol–water partition coefficient (Wildman–Crippen LogP) is 3.35. The fourth-order valence-electron chi connectivity index (χ4n) is 6.79. The molecule has 4 bridgehead atoms. The summed E-state index contributed by atoms with van der Waals surface area (Å²) in [5.74, 6) is 2.41. The van der Waals surface area contributed by atoms with Crippen molar-refractivity contribution >= 4 is 28.1 Å². The molecule has 0 radical (unpaired) electrons. The van der Waals surface area contributed by atoms with Crippen LogP contribution in [-0.2, 0) is 4.74 Å². The van der Waals surface area contributed by atoms with Crippen molar-refractivity contribution in [2.75, 3.05) is 36.5 Å². The summed E-state index contributed by atoms with van der Waals surface area (Å²) in [6.45, 7) is 2.36. The topological polar surface area (TPSA) is 107 Å². The fourth-order valence-corrected chi connectivity index (χ4v) is 6.79. The Kier molecular flexibility index (Phi) is 3.78. The minimum Gasteiger partial charge on any atom is -0.378 e. The largest absolute Gasteiger partial charge is 0.378 e. The van der Waals surface area contributed by atoms with Gasteiger partial charge in [0.15, 0.2) is 5.52 Å². The molecule has 0 spiro atoms. The summed E-state index contributed by atoms with van der Waals surface area (Å²) in [4.78, 5) is 13.6. The number of fused-ring (bicyclic) bond motifs is 1. The number of rotatable bonds is 4. The van der Waals surface area contributed by atoms with E-state index in [0.29, 0.717) is 37.5 Å². The second-order valence-electron chi connectivity index (χ2n) is 9.43. The Morgan fingerprint density at radius 3 is 2.31 bits per heavy atom. The second-order valence-corrected chi connectivity index (χ2v) is 9.43. The maximum Gasteiger partial charge on any atom is 0.323 e. The summed E-state index contributed by atoms with van der Waals surface area (Å²) in [7, 11) is 0. The molecule has 1 aliphatic heterocycles. The Hall–Kier alpha value is -2.42. The van der Waals surface area contributed by atoms with Gasteiger partial charge in [0.05, 0.1) is 23.8 Å². The molecule has 2 heterocycles. The molecule has 2 aromatic rings. The molecule has 1 saturated heterocycles. The number of anilines is 2. The summed E-state index contributed by atoms with van der Waals surface area (Å²) in [5.41, 5.74) is 2.12. The number of nitrogens with one attached hydrogen (secondary N) is 1. The van der Waals surface area contributed by atoms with Crippen molar-refractivity contribution in [2.24, 2.45) is 17.8 Å². The molecule has 154 valence electrons. The number of morpholine rings is 1. The van der Waals surface area contributed by atoms with Crippen LogP contribution in [0, 0.1) is 27.9 Å². The number of nitro groups is 1. The molecule has 4 aliphatic carbocycles. The summed E-state index contributed by atoms with van der Waals surface area (Å²) in [6, 6.07) is 1.90. The Morgan fingerprint density at radius 1 is 1.07 bits per heavy atom. The number of benzene rings is 1. The number of ether oxygens (including phenoxy) is 1. The van der Waals surface area contributed by atoms with Crippen LogP contribution in [0.25, 0.3) is 11.0 Å². The normalized spacial score (nSPS) is 33.4. The van der Waals surface area contributed by atoms with E-state index in [2.05, 4.69) is 15.6 Å². The third-order valence-corrected chi connectivity index (χ3v) is 7.46. The lowest BCUT2D eigenvalue weighted by molar-refractivity contribution is -0.382. The van der Waals surface area contributed by atoms with Crippen molar-refractivity contribution in [3.05, 3.63) is 16.2 Å². The smallest absolute Gasteiger partial charge is 0.323 e. The molecule has 5 aliphatic rings. The molecular formula is C20H25N5O4. The molecule has 7 rings (SSSR count). The molecule has 1 N–H and O–H groups in total. The summed E-state index contributed by atoms with van der Waals surface area (Å²) in [6.07, 6.45) is 7.62. The zero-order valence-corrected chi connectivity index (χ0v) is 16.3. The van der Waals surface area contributed by atoms with E-state index in [1.54, 1.807) is 0 Å². The van der Waals surface area contributed by atoms with Crippen LogP contribution < -0.4 is 10.2 Å².